The standard InChI is InChI=1S/C23H20N4O6/c1-32-13-6-8-14(9-7-13)33-11-10-25-21(29)15-4-2-3-5-17(15)27-18(28)12-16-19(20(27)24)23(31)26-22(16)30/h2-9,12H,10-11,24H2,1H3,(H,25,29)(H,26,30,31). The van der Waals surface area contributed by atoms with Gasteiger partial charge in [0.1, 0.15) is 23.9 Å². The number of carbonyl (C=O) groups excluding carboxylic acids is 3. The summed E-state index contributed by atoms with van der Waals surface area (Å²) in [5, 5.41) is 4.84. The van der Waals surface area contributed by atoms with Crippen molar-refractivity contribution in [3.8, 4) is 17.2 Å². The summed E-state index contributed by atoms with van der Waals surface area (Å²) in [6.07, 6.45) is 0. The predicted molar refractivity (Wildman–Crippen MR) is 119 cm³/mol. The van der Waals surface area contributed by atoms with Crippen LogP contribution in [0.15, 0.2) is 59.4 Å². The lowest BCUT2D eigenvalue weighted by atomic mass is 10.1. The second kappa shape index (κ2) is 8.87. The summed E-state index contributed by atoms with van der Waals surface area (Å²) < 4.78 is 11.7. The first-order valence-electron chi connectivity index (χ1n) is 9.96. The van der Waals surface area contributed by atoms with Crippen LogP contribution in [0.4, 0.5) is 5.82 Å². The minimum atomic E-state index is -0.695. The molecule has 2 heterocycles. The molecule has 10 heteroatoms. The SMILES string of the molecule is COc1ccc(OCCNC(=O)c2ccccc2-n2c(N)c3c(cc2=O)C(=O)NC3=O)cc1. The fourth-order valence-electron chi connectivity index (χ4n) is 3.49. The van der Waals surface area contributed by atoms with Crippen molar-refractivity contribution >= 4 is 23.5 Å². The van der Waals surface area contributed by atoms with Crippen LogP contribution in [0.2, 0.25) is 0 Å². The number of ether oxygens (including phenoxy) is 2. The van der Waals surface area contributed by atoms with E-state index in [4.69, 9.17) is 15.2 Å². The largest absolute Gasteiger partial charge is 0.497 e. The Morgan fingerprint density at radius 3 is 2.45 bits per heavy atom. The van der Waals surface area contributed by atoms with Gasteiger partial charge in [-0.3, -0.25) is 29.1 Å². The Balaban J connectivity index is 1.53. The van der Waals surface area contributed by atoms with E-state index >= 15 is 0 Å². The van der Waals surface area contributed by atoms with Crippen molar-refractivity contribution in [3.63, 3.8) is 0 Å². The minimum Gasteiger partial charge on any atom is -0.497 e. The zero-order valence-corrected chi connectivity index (χ0v) is 17.6. The van der Waals surface area contributed by atoms with Gasteiger partial charge in [-0.2, -0.15) is 0 Å². The molecule has 3 aromatic rings. The van der Waals surface area contributed by atoms with Gasteiger partial charge in [-0.05, 0) is 36.4 Å². The van der Waals surface area contributed by atoms with Crippen LogP contribution in [0, 0.1) is 0 Å². The molecular formula is C23H20N4O6. The number of rotatable bonds is 7. The number of hydrogen-bond acceptors (Lipinski definition) is 7. The van der Waals surface area contributed by atoms with Gasteiger partial charge in [-0.15, -0.1) is 0 Å². The van der Waals surface area contributed by atoms with E-state index in [0.29, 0.717) is 11.5 Å². The molecule has 0 aliphatic carbocycles. The zero-order valence-electron chi connectivity index (χ0n) is 17.6. The number of pyridine rings is 1. The second-order valence-corrected chi connectivity index (χ2v) is 7.07. The second-order valence-electron chi connectivity index (χ2n) is 7.07. The molecule has 3 amide bonds. The number of aromatic nitrogens is 1. The fourth-order valence-corrected chi connectivity index (χ4v) is 3.49. The maximum absolute atomic E-state index is 12.8. The van der Waals surface area contributed by atoms with Crippen LogP contribution < -0.4 is 31.4 Å². The molecule has 0 unspecified atom stereocenters. The monoisotopic (exact) mass is 448 g/mol. The van der Waals surface area contributed by atoms with Crippen LogP contribution in [0.25, 0.3) is 5.69 Å². The fraction of sp³-hybridized carbons (Fsp3) is 0.130. The summed E-state index contributed by atoms with van der Waals surface area (Å²) in [6, 6.07) is 14.4. The van der Waals surface area contributed by atoms with E-state index in [-0.39, 0.29) is 41.3 Å². The van der Waals surface area contributed by atoms with E-state index in [9.17, 15) is 19.2 Å². The number of nitrogen functional groups attached to an aromatic ring is 1. The lowest BCUT2D eigenvalue weighted by Gasteiger charge is -2.15. The number of nitrogens with two attached hydrogens (primary N) is 1. The number of fused-ring (bicyclic) bond motifs is 1. The van der Waals surface area contributed by atoms with Crippen molar-refractivity contribution < 1.29 is 23.9 Å². The highest BCUT2D eigenvalue weighted by atomic mass is 16.5. The van der Waals surface area contributed by atoms with Gasteiger partial charge in [0.25, 0.3) is 23.3 Å². The van der Waals surface area contributed by atoms with Crippen molar-refractivity contribution in [1.82, 2.24) is 15.2 Å². The van der Waals surface area contributed by atoms with E-state index < -0.39 is 23.3 Å². The van der Waals surface area contributed by atoms with Crippen LogP contribution in [-0.2, 0) is 0 Å². The summed E-state index contributed by atoms with van der Waals surface area (Å²) in [5.41, 5.74) is 5.62. The molecule has 0 bridgehead atoms. The molecule has 0 radical (unpaired) electrons. The number of imide groups is 1. The van der Waals surface area contributed by atoms with Gasteiger partial charge in [0, 0.05) is 6.07 Å². The third-order valence-corrected chi connectivity index (χ3v) is 5.06. The first-order valence-corrected chi connectivity index (χ1v) is 9.96. The number of hydrogen-bond donors (Lipinski definition) is 3. The molecule has 168 valence electrons. The smallest absolute Gasteiger partial charge is 0.262 e. The first kappa shape index (κ1) is 21.6. The molecule has 1 aliphatic rings. The Bertz CT molecular complexity index is 1310. The highest BCUT2D eigenvalue weighted by molar-refractivity contribution is 6.23. The molecule has 33 heavy (non-hydrogen) atoms. The topological polar surface area (TPSA) is 142 Å². The molecule has 1 aromatic heterocycles. The van der Waals surface area contributed by atoms with Crippen LogP contribution >= 0.6 is 0 Å². The number of nitrogens with zero attached hydrogens (tertiary/aromatic N) is 1. The number of carbonyl (C=O) groups is 3. The van der Waals surface area contributed by atoms with Crippen LogP contribution in [0.3, 0.4) is 0 Å². The Kier molecular flexibility index (Phi) is 5.81. The third-order valence-electron chi connectivity index (χ3n) is 5.06. The number of amides is 3. The van der Waals surface area contributed by atoms with Crippen molar-refractivity contribution in [3.05, 3.63) is 81.6 Å². The van der Waals surface area contributed by atoms with Crippen LogP contribution in [0.1, 0.15) is 31.1 Å². The van der Waals surface area contributed by atoms with Crippen LogP contribution in [0.5, 0.6) is 11.5 Å². The van der Waals surface area contributed by atoms with E-state index in [0.717, 1.165) is 10.6 Å². The summed E-state index contributed by atoms with van der Waals surface area (Å²) in [5.74, 6) is -0.737. The Morgan fingerprint density at radius 2 is 1.73 bits per heavy atom. The number of benzene rings is 2. The van der Waals surface area contributed by atoms with Crippen molar-refractivity contribution in [2.45, 2.75) is 0 Å². The van der Waals surface area contributed by atoms with Gasteiger partial charge in [-0.25, -0.2) is 0 Å². The summed E-state index contributed by atoms with van der Waals surface area (Å²) in [4.78, 5) is 49.5. The molecule has 0 saturated carbocycles. The van der Waals surface area contributed by atoms with Crippen molar-refractivity contribution in [1.29, 1.82) is 0 Å². The summed E-state index contributed by atoms with van der Waals surface area (Å²) >= 11 is 0. The molecule has 0 atom stereocenters. The van der Waals surface area contributed by atoms with E-state index in [1.54, 1.807) is 43.5 Å². The number of nitrogens with one attached hydrogen (secondary N) is 2. The van der Waals surface area contributed by atoms with E-state index in [2.05, 4.69) is 10.6 Å². The third kappa shape index (κ3) is 4.13. The van der Waals surface area contributed by atoms with E-state index in [1.165, 1.54) is 12.1 Å². The molecule has 0 fully saturated rings. The highest BCUT2D eigenvalue weighted by Crippen LogP contribution is 2.24. The minimum absolute atomic E-state index is 0.0867. The van der Waals surface area contributed by atoms with Gasteiger partial charge in [0.15, 0.2) is 0 Å². The summed E-state index contributed by atoms with van der Waals surface area (Å²) in [6.45, 7) is 0.411. The lowest BCUT2D eigenvalue weighted by molar-refractivity contribution is 0.0878. The molecule has 2 aromatic carbocycles. The first-order chi connectivity index (χ1) is 15.9. The molecule has 10 nitrogen and oxygen atoms in total. The maximum Gasteiger partial charge on any atom is 0.262 e. The zero-order chi connectivity index (χ0) is 23.5. The van der Waals surface area contributed by atoms with Gasteiger partial charge >= 0.3 is 0 Å². The molecule has 0 spiro atoms. The van der Waals surface area contributed by atoms with E-state index in [1.807, 2.05) is 0 Å². The number of para-hydroxylation sites is 1. The predicted octanol–water partition coefficient (Wildman–Crippen LogP) is 1.12. The molecule has 0 saturated heterocycles. The lowest BCUT2D eigenvalue weighted by Crippen LogP contribution is -2.31. The summed E-state index contributed by atoms with van der Waals surface area (Å²) in [7, 11) is 1.57. The van der Waals surface area contributed by atoms with Gasteiger partial charge in [-0.1, -0.05) is 12.1 Å². The average molecular weight is 448 g/mol. The normalized spacial score (nSPS) is 12.2. The Labute approximate surface area is 187 Å². The average Bonchev–Trinajstić information content (AvgIpc) is 3.10. The van der Waals surface area contributed by atoms with Crippen molar-refractivity contribution in [2.24, 2.45) is 0 Å². The van der Waals surface area contributed by atoms with Crippen LogP contribution in [-0.4, -0.2) is 42.6 Å². The Hall–Kier alpha value is -4.60. The van der Waals surface area contributed by atoms with Gasteiger partial charge in [0.2, 0.25) is 0 Å². The highest BCUT2D eigenvalue weighted by Gasteiger charge is 2.32. The quantitative estimate of drug-likeness (QED) is 0.363. The Morgan fingerprint density at radius 1 is 1.03 bits per heavy atom. The maximum atomic E-state index is 12.8. The van der Waals surface area contributed by atoms with Crippen molar-refractivity contribution in [2.75, 3.05) is 26.0 Å². The molecule has 1 aliphatic heterocycles. The number of methoxy groups -OCH3 is 1. The number of anilines is 1. The molecule has 4 N–H and O–H groups in total. The molecule has 4 rings (SSSR count). The molecular weight excluding hydrogens is 428 g/mol. The van der Waals surface area contributed by atoms with Gasteiger partial charge in [0.05, 0.1) is 36.0 Å². The van der Waals surface area contributed by atoms with Gasteiger partial charge < -0.3 is 20.5 Å².